The van der Waals surface area contributed by atoms with Gasteiger partial charge in [0, 0.05) is 11.6 Å². The highest BCUT2D eigenvalue weighted by Gasteiger charge is 2.00. The van der Waals surface area contributed by atoms with E-state index in [1.807, 2.05) is 48.5 Å². The van der Waals surface area contributed by atoms with E-state index in [0.717, 1.165) is 41.6 Å². The molecule has 3 aromatic rings. The third-order valence-corrected chi connectivity index (χ3v) is 4.51. The second kappa shape index (κ2) is 10.0. The fraction of sp³-hybridized carbons (Fsp3) is 0.217. The molecule has 0 fully saturated rings. The molecular weight excluding hydrogens is 358 g/mol. The summed E-state index contributed by atoms with van der Waals surface area (Å²) in [7, 11) is 1.68. The van der Waals surface area contributed by atoms with E-state index in [4.69, 9.17) is 21.1 Å². The van der Waals surface area contributed by atoms with Crippen molar-refractivity contribution in [1.82, 2.24) is 5.32 Å². The van der Waals surface area contributed by atoms with Gasteiger partial charge in [0.15, 0.2) is 0 Å². The summed E-state index contributed by atoms with van der Waals surface area (Å²) in [4.78, 5) is 0. The van der Waals surface area contributed by atoms with Crippen LogP contribution in [0.1, 0.15) is 16.7 Å². The first-order valence-corrected chi connectivity index (χ1v) is 9.40. The van der Waals surface area contributed by atoms with E-state index in [-0.39, 0.29) is 0 Å². The van der Waals surface area contributed by atoms with Crippen molar-refractivity contribution in [3.05, 3.63) is 94.5 Å². The Bertz CT molecular complexity index is 849. The molecule has 0 amide bonds. The maximum Gasteiger partial charge on any atom is 0.120 e. The van der Waals surface area contributed by atoms with Gasteiger partial charge in [-0.05, 0) is 66.1 Å². The molecule has 0 unspecified atom stereocenters. The lowest BCUT2D eigenvalue weighted by atomic mass is 10.1. The van der Waals surface area contributed by atoms with Gasteiger partial charge in [-0.15, -0.1) is 0 Å². The minimum absolute atomic E-state index is 0.509. The zero-order valence-electron chi connectivity index (χ0n) is 15.5. The Kier molecular flexibility index (Phi) is 7.14. The Morgan fingerprint density at radius 1 is 0.815 bits per heavy atom. The summed E-state index contributed by atoms with van der Waals surface area (Å²) in [6, 6.07) is 24.1. The Balaban J connectivity index is 1.44. The monoisotopic (exact) mass is 381 g/mol. The number of benzene rings is 3. The van der Waals surface area contributed by atoms with Crippen LogP contribution in [0.4, 0.5) is 0 Å². The SMILES string of the molecule is COc1ccc(CCNCc2cccc(OCc3cccc(Cl)c3)c2)cc1. The highest BCUT2D eigenvalue weighted by Crippen LogP contribution is 2.17. The number of halogens is 1. The molecule has 0 saturated carbocycles. The summed E-state index contributed by atoms with van der Waals surface area (Å²) in [6.45, 7) is 2.24. The van der Waals surface area contributed by atoms with Gasteiger partial charge in [0.25, 0.3) is 0 Å². The van der Waals surface area contributed by atoms with Crippen molar-refractivity contribution < 1.29 is 9.47 Å². The average molecular weight is 382 g/mol. The number of hydrogen-bond acceptors (Lipinski definition) is 3. The lowest BCUT2D eigenvalue weighted by molar-refractivity contribution is 0.306. The van der Waals surface area contributed by atoms with E-state index in [9.17, 15) is 0 Å². The molecule has 0 radical (unpaired) electrons. The fourth-order valence-corrected chi connectivity index (χ4v) is 3.01. The number of ether oxygens (including phenoxy) is 2. The Hall–Kier alpha value is -2.49. The van der Waals surface area contributed by atoms with Gasteiger partial charge in [-0.1, -0.05) is 48.0 Å². The van der Waals surface area contributed by atoms with Crippen LogP contribution < -0.4 is 14.8 Å². The van der Waals surface area contributed by atoms with Crippen LogP contribution in [0.25, 0.3) is 0 Å². The standard InChI is InChI=1S/C23H24ClNO2/c1-26-22-10-8-18(9-11-22)12-13-25-16-19-4-3-7-23(15-19)27-17-20-5-2-6-21(24)14-20/h2-11,14-15,25H,12-13,16-17H2,1H3. The maximum absolute atomic E-state index is 6.01. The Labute approximate surface area is 165 Å². The molecule has 3 rings (SSSR count). The summed E-state index contributed by atoms with van der Waals surface area (Å²) in [5.74, 6) is 1.76. The molecule has 1 N–H and O–H groups in total. The maximum atomic E-state index is 6.01. The van der Waals surface area contributed by atoms with Gasteiger partial charge in [0.2, 0.25) is 0 Å². The van der Waals surface area contributed by atoms with Crippen LogP contribution in [-0.2, 0) is 19.6 Å². The van der Waals surface area contributed by atoms with Crippen LogP contribution in [0, 0.1) is 0 Å². The second-order valence-corrected chi connectivity index (χ2v) is 6.78. The van der Waals surface area contributed by atoms with E-state index in [2.05, 4.69) is 29.6 Å². The van der Waals surface area contributed by atoms with E-state index in [1.54, 1.807) is 7.11 Å². The molecule has 4 heteroatoms. The van der Waals surface area contributed by atoms with Crippen LogP contribution in [-0.4, -0.2) is 13.7 Å². The molecule has 0 aromatic heterocycles. The van der Waals surface area contributed by atoms with Gasteiger partial charge in [-0.2, -0.15) is 0 Å². The van der Waals surface area contributed by atoms with Crippen molar-refractivity contribution in [2.45, 2.75) is 19.6 Å². The first kappa shape index (κ1) is 19.3. The van der Waals surface area contributed by atoms with Crippen molar-refractivity contribution in [2.75, 3.05) is 13.7 Å². The molecule has 0 atom stereocenters. The minimum atomic E-state index is 0.509. The van der Waals surface area contributed by atoms with Gasteiger partial charge < -0.3 is 14.8 Å². The molecule has 0 aliphatic heterocycles. The number of methoxy groups -OCH3 is 1. The molecule has 0 aliphatic carbocycles. The first-order valence-electron chi connectivity index (χ1n) is 9.03. The minimum Gasteiger partial charge on any atom is -0.497 e. The van der Waals surface area contributed by atoms with Gasteiger partial charge in [0.1, 0.15) is 18.1 Å². The molecule has 0 spiro atoms. The summed E-state index contributed by atoms with van der Waals surface area (Å²) in [5.41, 5.74) is 3.56. The van der Waals surface area contributed by atoms with Crippen LogP contribution in [0.2, 0.25) is 5.02 Å². The third kappa shape index (κ3) is 6.31. The van der Waals surface area contributed by atoms with Gasteiger partial charge >= 0.3 is 0 Å². The molecule has 27 heavy (non-hydrogen) atoms. The van der Waals surface area contributed by atoms with Crippen LogP contribution in [0.3, 0.4) is 0 Å². The summed E-state index contributed by atoms with van der Waals surface area (Å²) in [6.07, 6.45) is 0.981. The molecule has 0 aliphatic rings. The van der Waals surface area contributed by atoms with Crippen molar-refractivity contribution in [3.63, 3.8) is 0 Å². The number of rotatable bonds is 9. The zero-order chi connectivity index (χ0) is 18.9. The summed E-state index contributed by atoms with van der Waals surface area (Å²) in [5, 5.41) is 4.21. The van der Waals surface area contributed by atoms with Gasteiger partial charge in [-0.25, -0.2) is 0 Å². The zero-order valence-corrected chi connectivity index (χ0v) is 16.2. The van der Waals surface area contributed by atoms with Crippen LogP contribution in [0.5, 0.6) is 11.5 Å². The van der Waals surface area contributed by atoms with E-state index >= 15 is 0 Å². The lowest BCUT2D eigenvalue weighted by Crippen LogP contribution is -2.16. The Morgan fingerprint density at radius 2 is 1.59 bits per heavy atom. The molecular formula is C23H24ClNO2. The van der Waals surface area contributed by atoms with Crippen molar-refractivity contribution in [3.8, 4) is 11.5 Å². The normalized spacial score (nSPS) is 10.6. The molecule has 0 saturated heterocycles. The molecule has 3 aromatic carbocycles. The molecule has 0 bridgehead atoms. The largest absolute Gasteiger partial charge is 0.497 e. The van der Waals surface area contributed by atoms with Crippen LogP contribution in [0.15, 0.2) is 72.8 Å². The predicted molar refractivity (Wildman–Crippen MR) is 111 cm³/mol. The highest BCUT2D eigenvalue weighted by molar-refractivity contribution is 6.30. The summed E-state index contributed by atoms with van der Waals surface area (Å²) >= 11 is 6.01. The highest BCUT2D eigenvalue weighted by atomic mass is 35.5. The molecule has 140 valence electrons. The number of hydrogen-bond donors (Lipinski definition) is 1. The quantitative estimate of drug-likeness (QED) is 0.513. The lowest BCUT2D eigenvalue weighted by Gasteiger charge is -2.10. The smallest absolute Gasteiger partial charge is 0.120 e. The van der Waals surface area contributed by atoms with E-state index in [1.165, 1.54) is 11.1 Å². The summed E-state index contributed by atoms with van der Waals surface area (Å²) < 4.78 is 11.1. The third-order valence-electron chi connectivity index (χ3n) is 4.27. The molecule has 0 heterocycles. The Morgan fingerprint density at radius 3 is 2.37 bits per heavy atom. The van der Waals surface area contributed by atoms with Gasteiger partial charge in [-0.3, -0.25) is 0 Å². The predicted octanol–water partition coefficient (Wildman–Crippen LogP) is 5.26. The van der Waals surface area contributed by atoms with E-state index in [0.29, 0.717) is 6.61 Å². The number of nitrogens with one attached hydrogen (secondary N) is 1. The first-order chi connectivity index (χ1) is 13.2. The van der Waals surface area contributed by atoms with E-state index < -0.39 is 0 Å². The second-order valence-electron chi connectivity index (χ2n) is 6.34. The fourth-order valence-electron chi connectivity index (χ4n) is 2.80. The van der Waals surface area contributed by atoms with Crippen molar-refractivity contribution >= 4 is 11.6 Å². The van der Waals surface area contributed by atoms with Gasteiger partial charge in [0.05, 0.1) is 7.11 Å². The topological polar surface area (TPSA) is 30.5 Å². The van der Waals surface area contributed by atoms with Crippen molar-refractivity contribution in [2.24, 2.45) is 0 Å². The van der Waals surface area contributed by atoms with Crippen molar-refractivity contribution in [1.29, 1.82) is 0 Å². The molecule has 3 nitrogen and oxygen atoms in total. The van der Waals surface area contributed by atoms with Crippen LogP contribution >= 0.6 is 11.6 Å². The average Bonchev–Trinajstić information content (AvgIpc) is 2.70.